The Labute approximate surface area is 169 Å². The molecule has 0 unspecified atom stereocenters. The number of thioether (sulfide) groups is 2. The summed E-state index contributed by atoms with van der Waals surface area (Å²) >= 11 is 3.87. The Morgan fingerprint density at radius 3 is 2.37 bits per heavy atom. The summed E-state index contributed by atoms with van der Waals surface area (Å²) in [6.07, 6.45) is 1.24. The SMILES string of the molecule is CN(C)S(=O)(=O)c1ccc(C(=O)Nc2cccc(C3SCCCS3)c2)cc1. The van der Waals surface area contributed by atoms with Gasteiger partial charge in [-0.1, -0.05) is 12.1 Å². The van der Waals surface area contributed by atoms with Gasteiger partial charge in [-0.3, -0.25) is 4.79 Å². The van der Waals surface area contributed by atoms with Crippen molar-refractivity contribution in [1.29, 1.82) is 0 Å². The zero-order chi connectivity index (χ0) is 19.4. The molecule has 8 heteroatoms. The van der Waals surface area contributed by atoms with E-state index in [4.69, 9.17) is 0 Å². The lowest BCUT2D eigenvalue weighted by atomic mass is 10.2. The van der Waals surface area contributed by atoms with Crippen molar-refractivity contribution < 1.29 is 13.2 Å². The minimum Gasteiger partial charge on any atom is -0.322 e. The Morgan fingerprint density at radius 1 is 1.07 bits per heavy atom. The zero-order valence-corrected chi connectivity index (χ0v) is 17.7. The Bertz CT molecular complexity index is 906. The first-order valence-corrected chi connectivity index (χ1v) is 12.1. The van der Waals surface area contributed by atoms with Crippen LogP contribution in [0.15, 0.2) is 53.4 Å². The van der Waals surface area contributed by atoms with E-state index in [1.807, 2.05) is 41.7 Å². The highest BCUT2D eigenvalue weighted by molar-refractivity contribution is 8.16. The van der Waals surface area contributed by atoms with Gasteiger partial charge in [-0.15, -0.1) is 23.5 Å². The second-order valence-electron chi connectivity index (χ2n) is 6.32. The largest absolute Gasteiger partial charge is 0.322 e. The molecule has 0 spiro atoms. The first-order chi connectivity index (χ1) is 12.9. The summed E-state index contributed by atoms with van der Waals surface area (Å²) in [7, 11) is -0.543. The number of nitrogens with zero attached hydrogens (tertiary/aromatic N) is 1. The first-order valence-electron chi connectivity index (χ1n) is 8.55. The molecular weight excluding hydrogens is 400 g/mol. The van der Waals surface area contributed by atoms with Crippen LogP contribution in [-0.2, 0) is 10.0 Å². The molecule has 1 heterocycles. The third kappa shape index (κ3) is 4.87. The smallest absolute Gasteiger partial charge is 0.255 e. The topological polar surface area (TPSA) is 66.5 Å². The predicted octanol–water partition coefficient (Wildman–Crippen LogP) is 4.06. The minimum atomic E-state index is -3.50. The van der Waals surface area contributed by atoms with Gasteiger partial charge in [0.05, 0.1) is 9.48 Å². The van der Waals surface area contributed by atoms with Gasteiger partial charge in [-0.25, -0.2) is 12.7 Å². The van der Waals surface area contributed by atoms with E-state index in [0.29, 0.717) is 10.1 Å². The van der Waals surface area contributed by atoms with E-state index in [0.717, 1.165) is 21.5 Å². The molecule has 1 saturated heterocycles. The molecule has 2 aromatic carbocycles. The van der Waals surface area contributed by atoms with Crippen molar-refractivity contribution in [3.05, 3.63) is 59.7 Å². The zero-order valence-electron chi connectivity index (χ0n) is 15.2. The maximum absolute atomic E-state index is 12.5. The van der Waals surface area contributed by atoms with Gasteiger partial charge in [-0.05, 0) is 59.9 Å². The van der Waals surface area contributed by atoms with Crippen LogP contribution in [0.2, 0.25) is 0 Å². The van der Waals surface area contributed by atoms with Crippen molar-refractivity contribution in [3.63, 3.8) is 0 Å². The molecular formula is C19H22N2O3S3. The molecule has 1 fully saturated rings. The van der Waals surface area contributed by atoms with Crippen LogP contribution in [0.25, 0.3) is 0 Å². The summed E-state index contributed by atoms with van der Waals surface area (Å²) in [4.78, 5) is 12.7. The summed E-state index contributed by atoms with van der Waals surface area (Å²) in [5.74, 6) is 2.07. The standard InChI is InChI=1S/C19H22N2O3S3/c1-21(2)27(23,24)17-9-7-14(8-10-17)18(22)20-16-6-3-5-15(13-16)19-25-11-4-12-26-19/h3,5-10,13,19H,4,11-12H2,1-2H3,(H,20,22). The number of amides is 1. The first kappa shape index (κ1) is 20.3. The average molecular weight is 423 g/mol. The molecule has 1 aliphatic heterocycles. The van der Waals surface area contributed by atoms with E-state index in [9.17, 15) is 13.2 Å². The third-order valence-electron chi connectivity index (χ3n) is 4.14. The number of hydrogen-bond acceptors (Lipinski definition) is 5. The van der Waals surface area contributed by atoms with Crippen molar-refractivity contribution in [2.45, 2.75) is 15.9 Å². The molecule has 27 heavy (non-hydrogen) atoms. The van der Waals surface area contributed by atoms with Crippen LogP contribution in [-0.4, -0.2) is 44.2 Å². The molecule has 0 atom stereocenters. The number of rotatable bonds is 5. The van der Waals surface area contributed by atoms with Gasteiger partial charge < -0.3 is 5.32 Å². The van der Waals surface area contributed by atoms with Crippen LogP contribution in [0.4, 0.5) is 5.69 Å². The summed E-state index contributed by atoms with van der Waals surface area (Å²) in [5, 5.41) is 2.90. The van der Waals surface area contributed by atoms with Gasteiger partial charge in [0, 0.05) is 25.3 Å². The fourth-order valence-electron chi connectivity index (χ4n) is 2.64. The van der Waals surface area contributed by atoms with E-state index in [-0.39, 0.29) is 10.8 Å². The molecule has 1 amide bonds. The lowest BCUT2D eigenvalue weighted by Gasteiger charge is -2.21. The predicted molar refractivity (Wildman–Crippen MR) is 114 cm³/mol. The fraction of sp³-hybridized carbons (Fsp3) is 0.316. The number of carbonyl (C=O) groups is 1. The average Bonchev–Trinajstić information content (AvgIpc) is 2.69. The summed E-state index contributed by atoms with van der Waals surface area (Å²) in [5.41, 5.74) is 2.36. The normalized spacial score (nSPS) is 15.7. The Balaban J connectivity index is 1.72. The molecule has 0 bridgehead atoms. The van der Waals surface area contributed by atoms with E-state index in [2.05, 4.69) is 11.4 Å². The monoisotopic (exact) mass is 422 g/mol. The second kappa shape index (κ2) is 8.68. The molecule has 5 nitrogen and oxygen atoms in total. The highest BCUT2D eigenvalue weighted by Crippen LogP contribution is 2.44. The van der Waals surface area contributed by atoms with Gasteiger partial charge in [0.2, 0.25) is 10.0 Å². The van der Waals surface area contributed by atoms with Gasteiger partial charge >= 0.3 is 0 Å². The molecule has 0 aromatic heterocycles. The van der Waals surface area contributed by atoms with Crippen LogP contribution < -0.4 is 5.32 Å². The molecule has 0 saturated carbocycles. The summed E-state index contributed by atoms with van der Waals surface area (Å²) < 4.78 is 25.8. The third-order valence-corrected chi connectivity index (χ3v) is 8.98. The van der Waals surface area contributed by atoms with E-state index in [1.165, 1.54) is 50.3 Å². The van der Waals surface area contributed by atoms with E-state index >= 15 is 0 Å². The molecule has 3 rings (SSSR count). The fourth-order valence-corrected chi connectivity index (χ4v) is 6.41. The van der Waals surface area contributed by atoms with Gasteiger partial charge in [0.25, 0.3) is 5.91 Å². The number of sulfonamides is 1. The van der Waals surface area contributed by atoms with Gasteiger partial charge in [0.15, 0.2) is 0 Å². The van der Waals surface area contributed by atoms with Crippen molar-refractivity contribution >= 4 is 45.1 Å². The Morgan fingerprint density at radius 2 is 1.74 bits per heavy atom. The summed E-state index contributed by atoms with van der Waals surface area (Å²) in [6.45, 7) is 0. The molecule has 0 aliphatic carbocycles. The maximum atomic E-state index is 12.5. The van der Waals surface area contributed by atoms with Crippen molar-refractivity contribution in [3.8, 4) is 0 Å². The molecule has 1 N–H and O–H groups in total. The van der Waals surface area contributed by atoms with Crippen LogP contribution in [0.5, 0.6) is 0 Å². The van der Waals surface area contributed by atoms with E-state index < -0.39 is 10.0 Å². The number of hydrogen-bond donors (Lipinski definition) is 1. The highest BCUT2D eigenvalue weighted by atomic mass is 32.2. The second-order valence-corrected chi connectivity index (χ2v) is 11.2. The molecule has 144 valence electrons. The van der Waals surface area contributed by atoms with Crippen molar-refractivity contribution in [1.82, 2.24) is 4.31 Å². The Hall–Kier alpha value is -1.48. The van der Waals surface area contributed by atoms with Crippen LogP contribution in [0, 0.1) is 0 Å². The number of anilines is 1. The quantitative estimate of drug-likeness (QED) is 0.787. The number of benzene rings is 2. The molecule has 1 aliphatic rings. The lowest BCUT2D eigenvalue weighted by Crippen LogP contribution is -2.22. The lowest BCUT2D eigenvalue weighted by molar-refractivity contribution is 0.102. The Kier molecular flexibility index (Phi) is 6.52. The van der Waals surface area contributed by atoms with Crippen LogP contribution in [0.1, 0.15) is 26.9 Å². The maximum Gasteiger partial charge on any atom is 0.255 e. The van der Waals surface area contributed by atoms with Crippen LogP contribution >= 0.6 is 23.5 Å². The number of nitrogens with one attached hydrogen (secondary N) is 1. The van der Waals surface area contributed by atoms with Gasteiger partial charge in [-0.2, -0.15) is 0 Å². The van der Waals surface area contributed by atoms with Crippen molar-refractivity contribution in [2.24, 2.45) is 0 Å². The highest BCUT2D eigenvalue weighted by Gasteiger charge is 2.19. The minimum absolute atomic E-state index is 0.164. The number of carbonyl (C=O) groups excluding carboxylic acids is 1. The molecule has 0 radical (unpaired) electrons. The van der Waals surface area contributed by atoms with Gasteiger partial charge in [0.1, 0.15) is 0 Å². The van der Waals surface area contributed by atoms with Crippen LogP contribution in [0.3, 0.4) is 0 Å². The molecule has 2 aromatic rings. The van der Waals surface area contributed by atoms with E-state index in [1.54, 1.807) is 0 Å². The van der Waals surface area contributed by atoms with Crippen molar-refractivity contribution in [2.75, 3.05) is 30.9 Å². The summed E-state index contributed by atoms with van der Waals surface area (Å²) in [6, 6.07) is 13.9.